The summed E-state index contributed by atoms with van der Waals surface area (Å²) in [6, 6.07) is 23.1. The van der Waals surface area contributed by atoms with Crippen LogP contribution in [0.3, 0.4) is 0 Å². The summed E-state index contributed by atoms with van der Waals surface area (Å²) in [4.78, 5) is 29.5. The number of nitrogens with one attached hydrogen (secondary N) is 1. The highest BCUT2D eigenvalue weighted by Gasteiger charge is 2.34. The largest absolute Gasteiger partial charge is 0.497 e. The van der Waals surface area contributed by atoms with E-state index in [1.807, 2.05) is 62.7 Å². The molecule has 2 amide bonds. The molecule has 1 heterocycles. The van der Waals surface area contributed by atoms with Crippen LogP contribution in [0.4, 0.5) is 5.69 Å². The number of benzene rings is 3. The first kappa shape index (κ1) is 29.7. The van der Waals surface area contributed by atoms with Gasteiger partial charge in [0.05, 0.1) is 20.0 Å². The van der Waals surface area contributed by atoms with Crippen molar-refractivity contribution in [2.24, 2.45) is 7.05 Å². The van der Waals surface area contributed by atoms with Crippen molar-refractivity contribution in [1.29, 1.82) is 0 Å². The molecule has 0 spiro atoms. The average Bonchev–Trinajstić information content (AvgIpc) is 3.34. The highest BCUT2D eigenvalue weighted by molar-refractivity contribution is 7.99. The number of carbonyl (C=O) groups is 2. The van der Waals surface area contributed by atoms with Gasteiger partial charge in [-0.3, -0.25) is 14.5 Å². The Hall–Kier alpha value is -4.31. The molecular formula is C31H35N5O4S. The summed E-state index contributed by atoms with van der Waals surface area (Å²) in [7, 11) is 5.03. The standard InChI is InChI=1S/C31H35N5O4S/c1-31(2,3)32-29(38)27(21-12-16-24(39-5)17-13-21)36(23-14-18-25(40-6)19-15-23)26(37)20-41-30-34-33-28(35(30)4)22-10-8-7-9-11-22/h7-19,27H,20H2,1-6H3,(H,32,38)/t27-/m0/s1. The Balaban J connectivity index is 1.70. The van der Waals surface area contributed by atoms with Gasteiger partial charge >= 0.3 is 0 Å². The fourth-order valence-electron chi connectivity index (χ4n) is 4.30. The second-order valence-corrected chi connectivity index (χ2v) is 11.3. The van der Waals surface area contributed by atoms with Crippen molar-refractivity contribution in [3.05, 3.63) is 84.4 Å². The van der Waals surface area contributed by atoms with Crippen LogP contribution in [0, 0.1) is 0 Å². The maximum absolute atomic E-state index is 14.1. The number of hydrogen-bond acceptors (Lipinski definition) is 7. The normalized spacial score (nSPS) is 12.0. The summed E-state index contributed by atoms with van der Waals surface area (Å²) in [6.07, 6.45) is 0. The third-order valence-corrected chi connectivity index (χ3v) is 7.25. The van der Waals surface area contributed by atoms with Gasteiger partial charge in [-0.2, -0.15) is 0 Å². The van der Waals surface area contributed by atoms with Crippen LogP contribution in [-0.4, -0.2) is 52.1 Å². The molecule has 9 nitrogen and oxygen atoms in total. The first-order valence-corrected chi connectivity index (χ1v) is 14.1. The third kappa shape index (κ3) is 7.26. The van der Waals surface area contributed by atoms with E-state index in [4.69, 9.17) is 9.47 Å². The van der Waals surface area contributed by atoms with Crippen molar-refractivity contribution in [1.82, 2.24) is 20.1 Å². The van der Waals surface area contributed by atoms with Crippen molar-refractivity contribution in [3.8, 4) is 22.9 Å². The van der Waals surface area contributed by atoms with Crippen molar-refractivity contribution in [3.63, 3.8) is 0 Å². The summed E-state index contributed by atoms with van der Waals surface area (Å²) in [5.74, 6) is 1.45. The second-order valence-electron chi connectivity index (χ2n) is 10.4. The molecule has 4 rings (SSSR count). The summed E-state index contributed by atoms with van der Waals surface area (Å²) >= 11 is 1.27. The molecular weight excluding hydrogens is 538 g/mol. The van der Waals surface area contributed by atoms with Crippen molar-refractivity contribution < 1.29 is 19.1 Å². The van der Waals surface area contributed by atoms with Crippen LogP contribution in [0.1, 0.15) is 32.4 Å². The quantitative estimate of drug-likeness (QED) is 0.258. The molecule has 10 heteroatoms. The van der Waals surface area contributed by atoms with Gasteiger partial charge in [0.25, 0.3) is 0 Å². The maximum atomic E-state index is 14.1. The van der Waals surface area contributed by atoms with Crippen LogP contribution in [-0.2, 0) is 16.6 Å². The second kappa shape index (κ2) is 12.9. The van der Waals surface area contributed by atoms with Gasteiger partial charge in [0, 0.05) is 23.8 Å². The molecule has 0 unspecified atom stereocenters. The number of carbonyl (C=O) groups excluding carboxylic acids is 2. The fourth-order valence-corrected chi connectivity index (χ4v) is 5.07. The summed E-state index contributed by atoms with van der Waals surface area (Å²) in [6.45, 7) is 5.72. The zero-order valence-corrected chi connectivity index (χ0v) is 24.9. The van der Waals surface area contributed by atoms with Crippen LogP contribution < -0.4 is 19.7 Å². The van der Waals surface area contributed by atoms with Crippen LogP contribution in [0.25, 0.3) is 11.4 Å². The van der Waals surface area contributed by atoms with E-state index >= 15 is 0 Å². The zero-order chi connectivity index (χ0) is 29.6. The number of aromatic nitrogens is 3. The molecule has 1 N–H and O–H groups in total. The van der Waals surface area contributed by atoms with E-state index in [0.717, 1.165) is 5.56 Å². The number of anilines is 1. The maximum Gasteiger partial charge on any atom is 0.248 e. The van der Waals surface area contributed by atoms with Crippen LogP contribution in [0.5, 0.6) is 11.5 Å². The molecule has 0 bridgehead atoms. The first-order valence-electron chi connectivity index (χ1n) is 13.1. The van der Waals surface area contributed by atoms with Crippen LogP contribution >= 0.6 is 11.8 Å². The lowest BCUT2D eigenvalue weighted by Gasteiger charge is -2.34. The van der Waals surface area contributed by atoms with E-state index in [9.17, 15) is 9.59 Å². The van der Waals surface area contributed by atoms with Crippen molar-refractivity contribution >= 4 is 29.3 Å². The Labute approximate surface area is 244 Å². The van der Waals surface area contributed by atoms with Crippen LogP contribution in [0.15, 0.2) is 84.0 Å². The molecule has 3 aromatic carbocycles. The molecule has 1 aromatic heterocycles. The lowest BCUT2D eigenvalue weighted by molar-refractivity contribution is -0.127. The number of nitrogens with zero attached hydrogens (tertiary/aromatic N) is 4. The zero-order valence-electron chi connectivity index (χ0n) is 24.1. The smallest absolute Gasteiger partial charge is 0.248 e. The van der Waals surface area contributed by atoms with E-state index in [1.54, 1.807) is 62.8 Å². The SMILES string of the molecule is COc1ccc([C@@H](C(=O)NC(C)(C)C)N(C(=O)CSc2nnc(-c3ccccc3)n2C)c2ccc(OC)cc2)cc1. The van der Waals surface area contributed by atoms with Gasteiger partial charge in [0.15, 0.2) is 11.0 Å². The molecule has 0 fully saturated rings. The van der Waals surface area contributed by atoms with Crippen molar-refractivity contribution in [2.75, 3.05) is 24.9 Å². The monoisotopic (exact) mass is 573 g/mol. The van der Waals surface area contributed by atoms with Gasteiger partial charge in [-0.05, 0) is 62.7 Å². The Morgan fingerprint density at radius 1 is 0.902 bits per heavy atom. The summed E-state index contributed by atoms with van der Waals surface area (Å²) < 4.78 is 12.5. The number of thioether (sulfide) groups is 1. The number of rotatable bonds is 10. The Kier molecular flexibility index (Phi) is 9.34. The van der Waals surface area contributed by atoms with Gasteiger partial charge in [-0.1, -0.05) is 54.2 Å². The summed E-state index contributed by atoms with van der Waals surface area (Å²) in [5, 5.41) is 12.3. The molecule has 0 saturated heterocycles. The number of amides is 2. The predicted octanol–water partition coefficient (Wildman–Crippen LogP) is 5.28. The molecule has 0 radical (unpaired) electrons. The van der Waals surface area contributed by atoms with Gasteiger partial charge < -0.3 is 19.4 Å². The minimum atomic E-state index is -0.944. The van der Waals surface area contributed by atoms with E-state index in [0.29, 0.717) is 33.7 Å². The Morgan fingerprint density at radius 3 is 2.05 bits per heavy atom. The van der Waals surface area contributed by atoms with Gasteiger partial charge in [0.1, 0.15) is 17.5 Å². The lowest BCUT2D eigenvalue weighted by Crippen LogP contribution is -2.50. The van der Waals surface area contributed by atoms with Crippen LogP contribution in [0.2, 0.25) is 0 Å². The van der Waals surface area contributed by atoms with E-state index in [-0.39, 0.29) is 17.6 Å². The Morgan fingerprint density at radius 2 is 1.49 bits per heavy atom. The Bertz CT molecular complexity index is 1470. The lowest BCUT2D eigenvalue weighted by atomic mass is 10.0. The number of hydrogen-bond donors (Lipinski definition) is 1. The van der Waals surface area contributed by atoms with E-state index in [2.05, 4.69) is 15.5 Å². The first-order chi connectivity index (χ1) is 19.6. The minimum absolute atomic E-state index is 0.0300. The van der Waals surface area contributed by atoms with Gasteiger partial charge in [-0.15, -0.1) is 10.2 Å². The minimum Gasteiger partial charge on any atom is -0.497 e. The molecule has 0 aliphatic carbocycles. The topological polar surface area (TPSA) is 98.6 Å². The number of methoxy groups -OCH3 is 2. The van der Waals surface area contributed by atoms with E-state index in [1.165, 1.54) is 16.7 Å². The molecule has 41 heavy (non-hydrogen) atoms. The highest BCUT2D eigenvalue weighted by atomic mass is 32.2. The molecule has 0 aliphatic rings. The molecule has 1 atom stereocenters. The van der Waals surface area contributed by atoms with Gasteiger partial charge in [0.2, 0.25) is 11.8 Å². The molecule has 0 aliphatic heterocycles. The number of ether oxygens (including phenoxy) is 2. The van der Waals surface area contributed by atoms with Gasteiger partial charge in [-0.25, -0.2) is 0 Å². The summed E-state index contributed by atoms with van der Waals surface area (Å²) in [5.41, 5.74) is 1.62. The third-order valence-electron chi connectivity index (χ3n) is 6.25. The van der Waals surface area contributed by atoms with Crippen molar-refractivity contribution in [2.45, 2.75) is 37.5 Å². The molecule has 214 valence electrons. The molecule has 4 aromatic rings. The fraction of sp³-hybridized carbons (Fsp3) is 0.290. The average molecular weight is 574 g/mol. The molecule has 0 saturated carbocycles. The van der Waals surface area contributed by atoms with E-state index < -0.39 is 11.6 Å². The predicted molar refractivity (Wildman–Crippen MR) is 161 cm³/mol. The highest BCUT2D eigenvalue weighted by Crippen LogP contribution is 2.32.